The zero-order chi connectivity index (χ0) is 19.6. The number of imide groups is 1. The van der Waals surface area contributed by atoms with Crippen molar-refractivity contribution in [3.8, 4) is 0 Å². The van der Waals surface area contributed by atoms with Gasteiger partial charge in [-0.05, 0) is 30.7 Å². The fourth-order valence-corrected chi connectivity index (χ4v) is 3.50. The van der Waals surface area contributed by atoms with Gasteiger partial charge >= 0.3 is 6.03 Å². The summed E-state index contributed by atoms with van der Waals surface area (Å²) in [5, 5.41) is 4.68. The normalized spacial score (nSPS) is 16.9. The van der Waals surface area contributed by atoms with Gasteiger partial charge in [-0.2, -0.15) is 0 Å². The average molecular weight is 367 g/mol. The Kier molecular flexibility index (Phi) is 5.44. The molecule has 1 atom stereocenters. The third-order valence-corrected chi connectivity index (χ3v) is 4.78. The lowest BCUT2D eigenvalue weighted by Gasteiger charge is -2.24. The first-order valence-electron chi connectivity index (χ1n) is 9.32. The molecule has 0 aliphatic carbocycles. The Morgan fingerprint density at radius 1 is 1.15 bits per heavy atom. The summed E-state index contributed by atoms with van der Waals surface area (Å²) in [7, 11) is 0. The second-order valence-corrected chi connectivity index (χ2v) is 7.19. The molecular formula is C21H25N3O3. The average Bonchev–Trinajstić information content (AvgIpc) is 2.89. The van der Waals surface area contributed by atoms with Crippen LogP contribution in [-0.4, -0.2) is 41.9 Å². The third kappa shape index (κ3) is 3.79. The number of rotatable bonds is 6. The maximum atomic E-state index is 12.9. The largest absolute Gasteiger partial charge is 0.326 e. The Morgan fingerprint density at radius 3 is 2.56 bits per heavy atom. The Morgan fingerprint density at radius 2 is 1.85 bits per heavy atom. The fraction of sp³-hybridized carbons (Fsp3) is 0.381. The van der Waals surface area contributed by atoms with E-state index in [1.807, 2.05) is 63.2 Å². The van der Waals surface area contributed by atoms with Gasteiger partial charge in [0.25, 0.3) is 5.91 Å². The van der Waals surface area contributed by atoms with Crippen molar-refractivity contribution in [3.05, 3.63) is 42.5 Å². The summed E-state index contributed by atoms with van der Waals surface area (Å²) in [6, 6.07) is 12.6. The van der Waals surface area contributed by atoms with Crippen LogP contribution in [0.3, 0.4) is 0 Å². The van der Waals surface area contributed by atoms with Crippen LogP contribution < -0.4 is 10.2 Å². The van der Waals surface area contributed by atoms with Crippen LogP contribution in [0.2, 0.25) is 0 Å². The number of carbonyl (C=O) groups excluding carboxylic acids is 3. The van der Waals surface area contributed by atoms with E-state index in [2.05, 4.69) is 5.32 Å². The van der Waals surface area contributed by atoms with Gasteiger partial charge in [0.15, 0.2) is 0 Å². The Balaban J connectivity index is 1.82. The zero-order valence-electron chi connectivity index (χ0n) is 15.9. The van der Waals surface area contributed by atoms with Crippen molar-refractivity contribution in [1.82, 2.24) is 10.2 Å². The number of amides is 4. The zero-order valence-corrected chi connectivity index (χ0v) is 15.9. The summed E-state index contributed by atoms with van der Waals surface area (Å²) in [5.74, 6) is -0.323. The molecule has 6 heteroatoms. The monoisotopic (exact) mass is 367 g/mol. The molecule has 1 aliphatic heterocycles. The molecule has 1 heterocycles. The molecule has 3 rings (SSSR count). The van der Waals surface area contributed by atoms with Gasteiger partial charge in [0.2, 0.25) is 5.91 Å². The van der Waals surface area contributed by atoms with Gasteiger partial charge in [-0.1, -0.05) is 50.2 Å². The summed E-state index contributed by atoms with van der Waals surface area (Å²) in [4.78, 5) is 40.3. The predicted octanol–water partition coefficient (Wildman–Crippen LogP) is 3.16. The smallest absolute Gasteiger partial charge is 0.325 e. The SMILES string of the molecule is CCN(C(=O)CN1C(=O)NC(CC(C)C)C1=O)c1cccc2ccccc12. The lowest BCUT2D eigenvalue weighted by Crippen LogP contribution is -2.43. The van der Waals surface area contributed by atoms with Gasteiger partial charge in [-0.3, -0.25) is 14.5 Å². The third-order valence-electron chi connectivity index (χ3n) is 4.78. The molecule has 1 unspecified atom stereocenters. The molecule has 142 valence electrons. The van der Waals surface area contributed by atoms with Crippen molar-refractivity contribution in [1.29, 1.82) is 0 Å². The minimum atomic E-state index is -0.544. The highest BCUT2D eigenvalue weighted by atomic mass is 16.2. The molecule has 0 saturated carbocycles. The molecule has 1 fully saturated rings. The van der Waals surface area contributed by atoms with Crippen LogP contribution in [-0.2, 0) is 9.59 Å². The van der Waals surface area contributed by atoms with Crippen LogP contribution in [0, 0.1) is 5.92 Å². The highest BCUT2D eigenvalue weighted by Crippen LogP contribution is 2.27. The number of nitrogens with one attached hydrogen (secondary N) is 1. The lowest BCUT2D eigenvalue weighted by molar-refractivity contribution is -0.131. The molecule has 27 heavy (non-hydrogen) atoms. The van der Waals surface area contributed by atoms with Crippen LogP contribution in [0.25, 0.3) is 10.8 Å². The van der Waals surface area contributed by atoms with Crippen LogP contribution in [0.15, 0.2) is 42.5 Å². The minimum Gasteiger partial charge on any atom is -0.326 e. The lowest BCUT2D eigenvalue weighted by atomic mass is 10.0. The molecule has 4 amide bonds. The predicted molar refractivity (Wildman–Crippen MR) is 105 cm³/mol. The van der Waals surface area contributed by atoms with Crippen molar-refractivity contribution >= 4 is 34.3 Å². The Bertz CT molecular complexity index is 873. The molecule has 0 bridgehead atoms. The number of urea groups is 1. The van der Waals surface area contributed by atoms with E-state index in [1.165, 1.54) is 0 Å². The number of hydrogen-bond acceptors (Lipinski definition) is 3. The van der Waals surface area contributed by atoms with Crippen molar-refractivity contribution < 1.29 is 14.4 Å². The number of hydrogen-bond donors (Lipinski definition) is 1. The first kappa shape index (κ1) is 18.9. The van der Waals surface area contributed by atoms with Crippen molar-refractivity contribution in [2.24, 2.45) is 5.92 Å². The van der Waals surface area contributed by atoms with E-state index in [1.54, 1.807) is 4.90 Å². The highest BCUT2D eigenvalue weighted by molar-refractivity contribution is 6.10. The number of anilines is 1. The van der Waals surface area contributed by atoms with Gasteiger partial charge in [0.1, 0.15) is 12.6 Å². The summed E-state index contributed by atoms with van der Waals surface area (Å²) < 4.78 is 0. The van der Waals surface area contributed by atoms with Crippen LogP contribution in [0.5, 0.6) is 0 Å². The van der Waals surface area contributed by atoms with E-state index in [-0.39, 0.29) is 24.3 Å². The topological polar surface area (TPSA) is 69.7 Å². The molecule has 0 aromatic heterocycles. The van der Waals surface area contributed by atoms with Gasteiger partial charge in [-0.15, -0.1) is 0 Å². The van der Waals surface area contributed by atoms with Gasteiger partial charge in [-0.25, -0.2) is 4.79 Å². The second-order valence-electron chi connectivity index (χ2n) is 7.19. The van der Waals surface area contributed by atoms with E-state index < -0.39 is 12.1 Å². The van der Waals surface area contributed by atoms with Crippen molar-refractivity contribution in [3.63, 3.8) is 0 Å². The van der Waals surface area contributed by atoms with E-state index in [9.17, 15) is 14.4 Å². The Hall–Kier alpha value is -2.89. The molecule has 6 nitrogen and oxygen atoms in total. The highest BCUT2D eigenvalue weighted by Gasteiger charge is 2.39. The van der Waals surface area contributed by atoms with Crippen molar-refractivity contribution in [2.75, 3.05) is 18.0 Å². The van der Waals surface area contributed by atoms with E-state index in [4.69, 9.17) is 0 Å². The Labute approximate surface area is 159 Å². The number of benzene rings is 2. The quantitative estimate of drug-likeness (QED) is 0.798. The summed E-state index contributed by atoms with van der Waals surface area (Å²) >= 11 is 0. The minimum absolute atomic E-state index is 0.254. The van der Waals surface area contributed by atoms with Crippen LogP contribution in [0.4, 0.5) is 10.5 Å². The number of carbonyl (C=O) groups is 3. The molecular weight excluding hydrogens is 342 g/mol. The summed E-state index contributed by atoms with van der Waals surface area (Å²) in [6.07, 6.45) is 0.566. The standard InChI is InChI=1S/C21H25N3O3/c1-4-23(18-11-7-9-15-8-5-6-10-16(15)18)19(25)13-24-20(26)17(12-14(2)3)22-21(24)27/h5-11,14,17H,4,12-13H2,1-3H3,(H,22,27). The number of nitrogens with zero attached hydrogens (tertiary/aromatic N) is 2. The summed E-state index contributed by atoms with van der Waals surface area (Å²) in [5.41, 5.74) is 0.784. The number of fused-ring (bicyclic) bond motifs is 1. The summed E-state index contributed by atoms with van der Waals surface area (Å²) in [6.45, 7) is 6.06. The molecule has 2 aromatic rings. The molecule has 1 saturated heterocycles. The maximum absolute atomic E-state index is 12.9. The van der Waals surface area contributed by atoms with Gasteiger partial charge < -0.3 is 10.2 Å². The van der Waals surface area contributed by atoms with E-state index in [0.717, 1.165) is 21.4 Å². The second kappa shape index (κ2) is 7.78. The first-order chi connectivity index (χ1) is 12.9. The molecule has 0 radical (unpaired) electrons. The van der Waals surface area contributed by atoms with Crippen LogP contribution in [0.1, 0.15) is 27.2 Å². The number of likely N-dealkylation sites (N-methyl/N-ethyl adjacent to an activating group) is 1. The van der Waals surface area contributed by atoms with Gasteiger partial charge in [0.05, 0.1) is 5.69 Å². The molecule has 1 N–H and O–H groups in total. The molecule has 2 aromatic carbocycles. The molecule has 0 spiro atoms. The van der Waals surface area contributed by atoms with E-state index in [0.29, 0.717) is 13.0 Å². The fourth-order valence-electron chi connectivity index (χ4n) is 3.50. The molecule has 1 aliphatic rings. The van der Waals surface area contributed by atoms with Gasteiger partial charge in [0, 0.05) is 11.9 Å². The first-order valence-corrected chi connectivity index (χ1v) is 9.32. The van der Waals surface area contributed by atoms with Crippen molar-refractivity contribution in [2.45, 2.75) is 33.2 Å². The van der Waals surface area contributed by atoms with E-state index >= 15 is 0 Å². The maximum Gasteiger partial charge on any atom is 0.325 e. The van der Waals surface area contributed by atoms with Crippen LogP contribution >= 0.6 is 0 Å².